The van der Waals surface area contributed by atoms with Crippen LogP contribution in [0.1, 0.15) is 5.56 Å². The molecule has 0 N–H and O–H groups in total. The molecule has 6 nitrogen and oxygen atoms in total. The summed E-state index contributed by atoms with van der Waals surface area (Å²) in [7, 11) is 0. The van der Waals surface area contributed by atoms with E-state index in [0.717, 1.165) is 18.8 Å². The van der Waals surface area contributed by atoms with Crippen molar-refractivity contribution in [2.75, 3.05) is 26.4 Å². The third-order valence-corrected chi connectivity index (χ3v) is 2.51. The Hall–Kier alpha value is -1.40. The molecule has 2 aliphatic rings. The number of aryl methyl sites for hydroxylation is 1. The van der Waals surface area contributed by atoms with Crippen LogP contribution in [0.2, 0.25) is 0 Å². The van der Waals surface area contributed by atoms with E-state index in [1.807, 2.05) is 6.92 Å². The molecule has 3 heterocycles. The number of hydrogen-bond acceptors (Lipinski definition) is 6. The van der Waals surface area contributed by atoms with E-state index in [4.69, 9.17) is 18.9 Å². The van der Waals surface area contributed by atoms with Gasteiger partial charge in [-0.1, -0.05) is 0 Å². The number of ether oxygens (including phenoxy) is 4. The molecule has 2 saturated heterocycles. The van der Waals surface area contributed by atoms with Crippen molar-refractivity contribution in [3.8, 4) is 11.9 Å². The van der Waals surface area contributed by atoms with Gasteiger partial charge in [0.2, 0.25) is 5.88 Å². The van der Waals surface area contributed by atoms with E-state index < -0.39 is 0 Å². The summed E-state index contributed by atoms with van der Waals surface area (Å²) in [6.45, 7) is 4.45. The van der Waals surface area contributed by atoms with E-state index in [1.165, 1.54) is 0 Å². The van der Waals surface area contributed by atoms with Gasteiger partial charge in [0.1, 0.15) is 25.4 Å². The first kappa shape index (κ1) is 10.7. The van der Waals surface area contributed by atoms with Gasteiger partial charge in [0.05, 0.1) is 13.2 Å². The van der Waals surface area contributed by atoms with Gasteiger partial charge in [0.25, 0.3) is 0 Å². The van der Waals surface area contributed by atoms with Crippen LogP contribution in [-0.4, -0.2) is 48.6 Å². The summed E-state index contributed by atoms with van der Waals surface area (Å²) in [4.78, 5) is 8.29. The molecule has 3 rings (SSSR count). The van der Waals surface area contributed by atoms with Gasteiger partial charge in [0, 0.05) is 11.8 Å². The highest BCUT2D eigenvalue weighted by Gasteiger charge is 2.25. The number of epoxide rings is 2. The molecule has 0 saturated carbocycles. The molecule has 17 heavy (non-hydrogen) atoms. The number of nitrogens with zero attached hydrogens (tertiary/aromatic N) is 2. The maximum atomic E-state index is 5.54. The fourth-order valence-corrected chi connectivity index (χ4v) is 1.29. The topological polar surface area (TPSA) is 69.3 Å². The van der Waals surface area contributed by atoms with Crippen LogP contribution >= 0.6 is 0 Å². The second-order valence-corrected chi connectivity index (χ2v) is 4.17. The lowest BCUT2D eigenvalue weighted by Gasteiger charge is -2.08. The molecule has 0 aromatic carbocycles. The van der Waals surface area contributed by atoms with Crippen molar-refractivity contribution >= 4 is 0 Å². The first-order chi connectivity index (χ1) is 8.31. The van der Waals surface area contributed by atoms with Gasteiger partial charge >= 0.3 is 6.01 Å². The minimum absolute atomic E-state index is 0.198. The van der Waals surface area contributed by atoms with Crippen molar-refractivity contribution < 1.29 is 18.9 Å². The molecule has 0 aliphatic carbocycles. The molecule has 1 aromatic heterocycles. The highest BCUT2D eigenvalue weighted by atomic mass is 16.6. The molecule has 2 fully saturated rings. The molecule has 92 valence electrons. The van der Waals surface area contributed by atoms with Crippen molar-refractivity contribution in [2.45, 2.75) is 19.1 Å². The van der Waals surface area contributed by atoms with Gasteiger partial charge < -0.3 is 18.9 Å². The monoisotopic (exact) mass is 238 g/mol. The van der Waals surface area contributed by atoms with E-state index in [0.29, 0.717) is 25.1 Å². The SMILES string of the molecule is Cc1cnc(OCC2CO2)nc1OCC1CO1. The van der Waals surface area contributed by atoms with Crippen molar-refractivity contribution in [3.63, 3.8) is 0 Å². The van der Waals surface area contributed by atoms with E-state index in [1.54, 1.807) is 6.20 Å². The first-order valence-corrected chi connectivity index (χ1v) is 5.64. The average molecular weight is 238 g/mol. The van der Waals surface area contributed by atoms with Gasteiger partial charge in [-0.2, -0.15) is 4.98 Å². The predicted molar refractivity (Wildman–Crippen MR) is 57.2 cm³/mol. The van der Waals surface area contributed by atoms with E-state index in [2.05, 4.69) is 9.97 Å². The lowest BCUT2D eigenvalue weighted by molar-refractivity contribution is 0.230. The van der Waals surface area contributed by atoms with E-state index in [-0.39, 0.29) is 12.2 Å². The smallest absolute Gasteiger partial charge is 0.319 e. The van der Waals surface area contributed by atoms with Crippen LogP contribution in [-0.2, 0) is 9.47 Å². The third kappa shape index (κ3) is 3.04. The summed E-state index contributed by atoms with van der Waals surface area (Å²) in [6.07, 6.45) is 2.11. The molecule has 2 atom stereocenters. The summed E-state index contributed by atoms with van der Waals surface area (Å²) in [6, 6.07) is 0.331. The van der Waals surface area contributed by atoms with Crippen LogP contribution in [0.25, 0.3) is 0 Å². The van der Waals surface area contributed by atoms with Crippen molar-refractivity contribution in [1.82, 2.24) is 9.97 Å². The minimum atomic E-state index is 0.198. The molecule has 0 bridgehead atoms. The Labute approximate surface area is 98.9 Å². The number of rotatable bonds is 6. The largest absolute Gasteiger partial charge is 0.474 e. The molecule has 0 amide bonds. The molecular weight excluding hydrogens is 224 g/mol. The Balaban J connectivity index is 1.60. The number of aromatic nitrogens is 2. The third-order valence-electron chi connectivity index (χ3n) is 2.51. The summed E-state index contributed by atoms with van der Waals surface area (Å²) in [5.74, 6) is 0.558. The number of hydrogen-bond donors (Lipinski definition) is 0. The molecular formula is C11H14N2O4. The molecule has 1 aromatic rings. The van der Waals surface area contributed by atoms with Crippen molar-refractivity contribution in [2.24, 2.45) is 0 Å². The maximum absolute atomic E-state index is 5.54. The molecule has 2 unspecified atom stereocenters. The van der Waals surface area contributed by atoms with Crippen LogP contribution < -0.4 is 9.47 Å². The Morgan fingerprint density at radius 3 is 2.53 bits per heavy atom. The quantitative estimate of drug-likeness (QED) is 0.666. The van der Waals surface area contributed by atoms with E-state index in [9.17, 15) is 0 Å². The average Bonchev–Trinajstić information content (AvgIpc) is 3.20. The summed E-state index contributed by atoms with van der Waals surface area (Å²) in [5.41, 5.74) is 0.890. The second kappa shape index (κ2) is 4.46. The Morgan fingerprint density at radius 1 is 1.24 bits per heavy atom. The van der Waals surface area contributed by atoms with Gasteiger partial charge in [-0.15, -0.1) is 0 Å². The van der Waals surface area contributed by atoms with Crippen LogP contribution in [0.5, 0.6) is 11.9 Å². The molecule has 0 radical (unpaired) electrons. The normalized spacial score (nSPS) is 25.5. The minimum Gasteiger partial charge on any atom is -0.474 e. The predicted octanol–water partition coefficient (Wildman–Crippen LogP) is 0.340. The van der Waals surface area contributed by atoms with Crippen LogP contribution in [0.3, 0.4) is 0 Å². The Bertz CT molecular complexity index is 404. The van der Waals surface area contributed by atoms with Gasteiger partial charge in [-0.05, 0) is 6.92 Å². The zero-order valence-corrected chi connectivity index (χ0v) is 9.59. The van der Waals surface area contributed by atoms with Crippen LogP contribution in [0.15, 0.2) is 6.20 Å². The van der Waals surface area contributed by atoms with E-state index >= 15 is 0 Å². The van der Waals surface area contributed by atoms with Gasteiger partial charge in [-0.3, -0.25) is 0 Å². The zero-order chi connectivity index (χ0) is 11.7. The zero-order valence-electron chi connectivity index (χ0n) is 9.59. The Kier molecular flexibility index (Phi) is 2.82. The summed E-state index contributed by atoms with van der Waals surface area (Å²) >= 11 is 0. The second-order valence-electron chi connectivity index (χ2n) is 4.17. The Morgan fingerprint density at radius 2 is 1.88 bits per heavy atom. The standard InChI is InChI=1S/C11H14N2O4/c1-7-2-12-11(17-6-9-4-15-9)13-10(7)16-5-8-3-14-8/h2,8-9H,3-6H2,1H3. The van der Waals surface area contributed by atoms with Crippen molar-refractivity contribution in [3.05, 3.63) is 11.8 Å². The highest BCUT2D eigenvalue weighted by Crippen LogP contribution is 2.19. The fourth-order valence-electron chi connectivity index (χ4n) is 1.29. The first-order valence-electron chi connectivity index (χ1n) is 5.64. The molecule has 0 spiro atoms. The van der Waals surface area contributed by atoms with Crippen LogP contribution in [0, 0.1) is 6.92 Å². The van der Waals surface area contributed by atoms with Crippen LogP contribution in [0.4, 0.5) is 0 Å². The van der Waals surface area contributed by atoms with Gasteiger partial charge in [-0.25, -0.2) is 4.98 Å². The molecule has 2 aliphatic heterocycles. The van der Waals surface area contributed by atoms with Crippen molar-refractivity contribution in [1.29, 1.82) is 0 Å². The highest BCUT2D eigenvalue weighted by molar-refractivity contribution is 5.23. The summed E-state index contributed by atoms with van der Waals surface area (Å²) in [5, 5.41) is 0. The lowest BCUT2D eigenvalue weighted by Crippen LogP contribution is -2.10. The van der Waals surface area contributed by atoms with Gasteiger partial charge in [0.15, 0.2) is 0 Å². The lowest BCUT2D eigenvalue weighted by atomic mass is 10.4. The fraction of sp³-hybridized carbons (Fsp3) is 0.636. The maximum Gasteiger partial charge on any atom is 0.319 e. The summed E-state index contributed by atoms with van der Waals surface area (Å²) < 4.78 is 21.0. The molecule has 6 heteroatoms.